The van der Waals surface area contributed by atoms with Gasteiger partial charge >= 0.3 is 7.12 Å². The number of hydrogen-bond donors (Lipinski definition) is 1. The second-order valence-corrected chi connectivity index (χ2v) is 9.69. The normalized spacial score (nSPS) is 18.2. The van der Waals surface area contributed by atoms with E-state index in [1.54, 1.807) is 24.1 Å². The minimum Gasteiger partial charge on any atom is -0.399 e. The van der Waals surface area contributed by atoms with E-state index in [1.165, 1.54) is 6.07 Å². The van der Waals surface area contributed by atoms with Crippen LogP contribution in [0.3, 0.4) is 0 Å². The van der Waals surface area contributed by atoms with E-state index in [9.17, 15) is 14.9 Å². The molecule has 170 valence electrons. The van der Waals surface area contributed by atoms with E-state index in [-0.39, 0.29) is 29.9 Å². The highest BCUT2D eigenvalue weighted by Gasteiger charge is 2.51. The van der Waals surface area contributed by atoms with Gasteiger partial charge in [-0.1, -0.05) is 28.1 Å². The molecule has 0 atom stereocenters. The number of nitrogens with zero attached hydrogens (tertiary/aromatic N) is 2. The zero-order valence-corrected chi connectivity index (χ0v) is 20.6. The third kappa shape index (κ3) is 4.67. The van der Waals surface area contributed by atoms with E-state index in [4.69, 9.17) is 9.31 Å². The fourth-order valence-electron chi connectivity index (χ4n) is 3.48. The highest BCUT2D eigenvalue weighted by Crippen LogP contribution is 2.37. The predicted molar refractivity (Wildman–Crippen MR) is 130 cm³/mol. The summed E-state index contributed by atoms with van der Waals surface area (Å²) in [4.78, 5) is 23.5. The minimum atomic E-state index is -0.420. The summed E-state index contributed by atoms with van der Waals surface area (Å²) in [7, 11) is 3.09. The number of anilines is 2. The van der Waals surface area contributed by atoms with E-state index in [0.717, 1.165) is 16.7 Å². The van der Waals surface area contributed by atoms with Gasteiger partial charge in [0.1, 0.15) is 5.69 Å². The molecule has 8 nitrogen and oxygen atoms in total. The lowest BCUT2D eigenvalue weighted by Gasteiger charge is -2.32. The molecule has 0 bridgehead atoms. The number of rotatable bonds is 3. The summed E-state index contributed by atoms with van der Waals surface area (Å²) in [6, 6.07) is 10.8. The molecule has 0 unspecified atom stereocenters. The Morgan fingerprint density at radius 3 is 2.31 bits per heavy atom. The topological polar surface area (TPSA) is 93.9 Å². The van der Waals surface area contributed by atoms with Crippen molar-refractivity contribution in [3.63, 3.8) is 0 Å². The van der Waals surface area contributed by atoms with Crippen LogP contribution in [0.2, 0.25) is 0 Å². The Hall–Kier alpha value is -2.43. The molecule has 32 heavy (non-hydrogen) atoms. The van der Waals surface area contributed by atoms with Crippen molar-refractivity contribution < 1.29 is 19.0 Å². The maximum Gasteiger partial charge on any atom is 0.494 e. The Bertz CT molecular complexity index is 1040. The highest BCUT2D eigenvalue weighted by atomic mass is 79.9. The number of halogens is 1. The lowest BCUT2D eigenvalue weighted by molar-refractivity contribution is -0.384. The van der Waals surface area contributed by atoms with Gasteiger partial charge in [0, 0.05) is 30.3 Å². The van der Waals surface area contributed by atoms with Crippen molar-refractivity contribution >= 4 is 51.5 Å². The van der Waals surface area contributed by atoms with Gasteiger partial charge in [-0.25, -0.2) is 0 Å². The number of likely N-dealkylation sites (N-methyl/N-ethyl adjacent to an activating group) is 1. The van der Waals surface area contributed by atoms with Crippen LogP contribution >= 0.6 is 15.9 Å². The van der Waals surface area contributed by atoms with Crippen molar-refractivity contribution in [3.05, 3.63) is 56.5 Å². The Labute approximate surface area is 196 Å². The summed E-state index contributed by atoms with van der Waals surface area (Å²) >= 11 is 3.16. The fraction of sp³-hybridized carbons (Fsp3) is 0.409. The van der Waals surface area contributed by atoms with Gasteiger partial charge < -0.3 is 19.5 Å². The van der Waals surface area contributed by atoms with E-state index in [2.05, 4.69) is 21.2 Å². The number of nitro benzene ring substituents is 1. The summed E-state index contributed by atoms with van der Waals surface area (Å²) in [5, 5.41) is 13.2. The molecule has 0 radical (unpaired) electrons. The Kier molecular flexibility index (Phi) is 6.69. The van der Waals surface area contributed by atoms with Gasteiger partial charge in [0.15, 0.2) is 0 Å². The Morgan fingerprint density at radius 1 is 1.12 bits per heavy atom. The molecule has 2 aliphatic heterocycles. The molecule has 0 spiro atoms. The highest BCUT2D eigenvalue weighted by molar-refractivity contribution is 9.10. The predicted octanol–water partition coefficient (Wildman–Crippen LogP) is 3.90. The summed E-state index contributed by atoms with van der Waals surface area (Å²) in [5.74, 6) is 0.131. The number of nitro groups is 1. The van der Waals surface area contributed by atoms with E-state index < -0.39 is 4.92 Å². The van der Waals surface area contributed by atoms with Crippen molar-refractivity contribution in [3.8, 4) is 0 Å². The average Bonchev–Trinajstić information content (AvgIpc) is 3.12. The van der Waals surface area contributed by atoms with Crippen molar-refractivity contribution in [1.82, 2.24) is 0 Å². The first-order valence-electron chi connectivity index (χ1n) is 10.2. The third-order valence-electron chi connectivity index (χ3n) is 6.13. The van der Waals surface area contributed by atoms with Crippen molar-refractivity contribution in [2.45, 2.75) is 45.3 Å². The van der Waals surface area contributed by atoms with Crippen LogP contribution in [0.4, 0.5) is 17.1 Å². The fourth-order valence-corrected chi connectivity index (χ4v) is 3.83. The van der Waals surface area contributed by atoms with E-state index in [0.29, 0.717) is 16.6 Å². The maximum atomic E-state index is 11.7. The second-order valence-electron chi connectivity index (χ2n) is 8.77. The second kappa shape index (κ2) is 8.84. The van der Waals surface area contributed by atoms with Gasteiger partial charge in [-0.15, -0.1) is 0 Å². The summed E-state index contributed by atoms with van der Waals surface area (Å²) in [5.41, 5.74) is 2.91. The van der Waals surface area contributed by atoms with Crippen LogP contribution in [-0.4, -0.2) is 43.2 Å². The number of benzene rings is 2. The molecular weight excluding hydrogens is 477 g/mol. The summed E-state index contributed by atoms with van der Waals surface area (Å²) < 4.78 is 12.8. The number of hydrogen-bond acceptors (Lipinski definition) is 6. The SMILES string of the molecule is CN1C(=O)Cc2cc(B3OC(C)(C)C(C)(C)O3)ccc21.CNc1ccc(Br)cc1[N+](=O)[O-]. The summed E-state index contributed by atoms with van der Waals surface area (Å²) in [6.45, 7) is 8.16. The molecule has 4 rings (SSSR count). The first-order valence-corrected chi connectivity index (χ1v) is 11.0. The number of fused-ring (bicyclic) bond motifs is 1. The van der Waals surface area contributed by atoms with E-state index >= 15 is 0 Å². The number of nitrogens with one attached hydrogen (secondary N) is 1. The number of carbonyl (C=O) groups is 1. The molecule has 0 aromatic heterocycles. The Balaban J connectivity index is 0.000000207. The van der Waals surface area contributed by atoms with Crippen LogP contribution in [0.1, 0.15) is 33.3 Å². The number of amides is 1. The molecule has 1 N–H and O–H groups in total. The minimum absolute atomic E-state index is 0.0758. The largest absolute Gasteiger partial charge is 0.494 e. The molecule has 2 heterocycles. The molecule has 0 saturated carbocycles. The van der Waals surface area contributed by atoms with Crippen LogP contribution in [0.15, 0.2) is 40.9 Å². The lowest BCUT2D eigenvalue weighted by atomic mass is 9.78. The molecule has 2 aromatic rings. The Morgan fingerprint density at radius 2 is 1.75 bits per heavy atom. The zero-order valence-electron chi connectivity index (χ0n) is 19.1. The van der Waals surface area contributed by atoms with Crippen LogP contribution in [-0.2, 0) is 20.5 Å². The van der Waals surface area contributed by atoms with Crippen molar-refractivity contribution in [1.29, 1.82) is 0 Å². The van der Waals surface area contributed by atoms with Gasteiger partial charge in [-0.05, 0) is 56.9 Å². The first kappa shape index (κ1) is 24.2. The van der Waals surface area contributed by atoms with Gasteiger partial charge in [-0.2, -0.15) is 0 Å². The molecule has 10 heteroatoms. The van der Waals surface area contributed by atoms with Gasteiger partial charge in [-0.3, -0.25) is 14.9 Å². The maximum absolute atomic E-state index is 11.7. The van der Waals surface area contributed by atoms with Crippen LogP contribution in [0, 0.1) is 10.1 Å². The van der Waals surface area contributed by atoms with Gasteiger partial charge in [0.05, 0.1) is 22.5 Å². The van der Waals surface area contributed by atoms with Gasteiger partial charge in [0.2, 0.25) is 5.91 Å². The summed E-state index contributed by atoms with van der Waals surface area (Å²) in [6.07, 6.45) is 0.458. The van der Waals surface area contributed by atoms with Gasteiger partial charge in [0.25, 0.3) is 5.69 Å². The van der Waals surface area contributed by atoms with E-state index in [1.807, 2.05) is 52.9 Å². The van der Waals surface area contributed by atoms with Crippen LogP contribution in [0.25, 0.3) is 0 Å². The molecule has 1 amide bonds. The molecule has 1 fully saturated rings. The number of carbonyl (C=O) groups excluding carboxylic acids is 1. The molecule has 0 aliphatic carbocycles. The smallest absolute Gasteiger partial charge is 0.399 e. The van der Waals surface area contributed by atoms with Crippen LogP contribution < -0.4 is 15.7 Å². The molecule has 2 aliphatic rings. The zero-order chi connectivity index (χ0) is 23.8. The molecule has 1 saturated heterocycles. The lowest BCUT2D eigenvalue weighted by Crippen LogP contribution is -2.41. The third-order valence-corrected chi connectivity index (χ3v) is 6.63. The first-order chi connectivity index (χ1) is 14.9. The monoisotopic (exact) mass is 503 g/mol. The average molecular weight is 504 g/mol. The van der Waals surface area contributed by atoms with Crippen molar-refractivity contribution in [2.75, 3.05) is 24.3 Å². The molecule has 2 aromatic carbocycles. The van der Waals surface area contributed by atoms with Crippen LogP contribution in [0.5, 0.6) is 0 Å². The standard InChI is InChI=1S/C15H20BNO3.C7H7BrN2O2/c1-14(2)15(3,4)20-16(19-14)11-6-7-12-10(8-11)9-13(18)17(12)5;1-9-6-3-2-5(8)4-7(6)10(11)12/h6-8H,9H2,1-5H3;2-4,9H,1H3. The molecular formula is C22H27BBrN3O5. The quantitative estimate of drug-likeness (QED) is 0.387. The van der Waals surface area contributed by atoms with Crippen molar-refractivity contribution in [2.24, 2.45) is 0 Å².